The van der Waals surface area contributed by atoms with Crippen molar-refractivity contribution in [3.8, 4) is 0 Å². The van der Waals surface area contributed by atoms with E-state index in [0.29, 0.717) is 11.1 Å². The van der Waals surface area contributed by atoms with Crippen molar-refractivity contribution >= 4 is 17.3 Å². The van der Waals surface area contributed by atoms with Crippen LogP contribution in [0.3, 0.4) is 0 Å². The van der Waals surface area contributed by atoms with Crippen molar-refractivity contribution in [3.63, 3.8) is 0 Å². The van der Waals surface area contributed by atoms with Gasteiger partial charge in [-0.05, 0) is 6.07 Å². The van der Waals surface area contributed by atoms with Gasteiger partial charge in [0, 0.05) is 22.4 Å². The third-order valence-corrected chi connectivity index (χ3v) is 3.06. The van der Waals surface area contributed by atoms with Gasteiger partial charge in [0.25, 0.3) is 0 Å². The molecule has 88 valence electrons. The van der Waals surface area contributed by atoms with Crippen LogP contribution in [0.4, 0.5) is 5.69 Å². The maximum Gasteiger partial charge on any atom is 1.00 e. The summed E-state index contributed by atoms with van der Waals surface area (Å²) in [6, 6.07) is 11.3. The Bertz CT molecular complexity index is 682. The van der Waals surface area contributed by atoms with Gasteiger partial charge < -0.3 is 10.7 Å². The molecule has 0 saturated heterocycles. The molecule has 2 aromatic rings. The summed E-state index contributed by atoms with van der Waals surface area (Å²) in [5, 5.41) is 10.9. The van der Waals surface area contributed by atoms with Crippen LogP contribution in [0.2, 0.25) is 0 Å². The fourth-order valence-electron chi connectivity index (χ4n) is 2.23. The number of carbonyl (C=O) groups excluding carboxylic acids is 2. The minimum Gasteiger partial charge on any atom is -0.761 e. The van der Waals surface area contributed by atoms with Crippen LogP contribution in [0.25, 0.3) is 0 Å². The number of nitrogens with one attached hydrogen (secondary N) is 1. The standard InChI is InChI=1S/C14H8NO3.Na/c16-13-8-4-1-2-5-9(8)14(17)12-10(13)6-3-7-11(12)15-18;/h1-7,15H;/q-1;+1. The van der Waals surface area contributed by atoms with Gasteiger partial charge in [-0.15, -0.1) is 0 Å². The SMILES string of the molecule is O=C1c2ccccc2C(=O)c2c(N[O-])cccc21.[Na+]. The van der Waals surface area contributed by atoms with Gasteiger partial charge in [0.05, 0.1) is 5.56 Å². The van der Waals surface area contributed by atoms with Crippen molar-refractivity contribution in [2.75, 3.05) is 5.48 Å². The van der Waals surface area contributed by atoms with Crippen molar-refractivity contribution in [1.82, 2.24) is 0 Å². The van der Waals surface area contributed by atoms with Crippen molar-refractivity contribution in [3.05, 3.63) is 69.9 Å². The summed E-state index contributed by atoms with van der Waals surface area (Å²) in [5.74, 6) is -0.517. The van der Waals surface area contributed by atoms with Gasteiger partial charge in [0.1, 0.15) is 0 Å². The second kappa shape index (κ2) is 5.27. The quantitative estimate of drug-likeness (QED) is 0.468. The zero-order valence-corrected chi connectivity index (χ0v) is 12.3. The molecule has 19 heavy (non-hydrogen) atoms. The number of hydrogen-bond acceptors (Lipinski definition) is 4. The van der Waals surface area contributed by atoms with Gasteiger partial charge in [-0.25, -0.2) is 0 Å². The van der Waals surface area contributed by atoms with Gasteiger partial charge in [-0.1, -0.05) is 36.4 Å². The second-order valence-electron chi connectivity index (χ2n) is 4.03. The Morgan fingerprint density at radius 1 is 0.789 bits per heavy atom. The topological polar surface area (TPSA) is 69.2 Å². The van der Waals surface area contributed by atoms with Crippen LogP contribution in [0.1, 0.15) is 31.8 Å². The predicted molar refractivity (Wildman–Crippen MR) is 66.7 cm³/mol. The molecule has 0 radical (unpaired) electrons. The molecule has 1 aliphatic carbocycles. The number of hydrogen-bond donors (Lipinski definition) is 1. The molecule has 0 aromatic heterocycles. The maximum atomic E-state index is 12.3. The Labute approximate surface area is 131 Å². The van der Waals surface area contributed by atoms with Crippen molar-refractivity contribution < 1.29 is 39.1 Å². The average Bonchev–Trinajstić information content (AvgIpc) is 2.44. The zero-order chi connectivity index (χ0) is 12.7. The summed E-state index contributed by atoms with van der Waals surface area (Å²) in [7, 11) is 0. The van der Waals surface area contributed by atoms with E-state index >= 15 is 0 Å². The van der Waals surface area contributed by atoms with E-state index in [-0.39, 0.29) is 57.9 Å². The van der Waals surface area contributed by atoms with Crippen LogP contribution in [0.5, 0.6) is 0 Å². The fraction of sp³-hybridized carbons (Fsp3) is 0. The Morgan fingerprint density at radius 3 is 2.00 bits per heavy atom. The molecular formula is C14H8NNaO3. The summed E-state index contributed by atoms with van der Waals surface area (Å²) in [6.07, 6.45) is 0. The first-order valence-electron chi connectivity index (χ1n) is 5.43. The average molecular weight is 261 g/mol. The van der Waals surface area contributed by atoms with Gasteiger partial charge >= 0.3 is 29.6 Å². The molecule has 3 rings (SSSR count). The Hall–Kier alpha value is -1.46. The van der Waals surface area contributed by atoms with E-state index in [1.54, 1.807) is 41.9 Å². The molecule has 0 atom stereocenters. The van der Waals surface area contributed by atoms with E-state index in [9.17, 15) is 14.8 Å². The van der Waals surface area contributed by atoms with E-state index in [1.165, 1.54) is 6.07 Å². The number of rotatable bonds is 1. The van der Waals surface area contributed by atoms with Gasteiger partial charge in [0.2, 0.25) is 0 Å². The van der Waals surface area contributed by atoms with Crippen LogP contribution in [0, 0.1) is 5.21 Å². The third kappa shape index (κ3) is 2.03. The first-order chi connectivity index (χ1) is 8.74. The molecule has 0 fully saturated rings. The molecule has 0 unspecified atom stereocenters. The molecule has 0 amide bonds. The smallest absolute Gasteiger partial charge is 0.761 e. The summed E-state index contributed by atoms with van der Waals surface area (Å²) in [4.78, 5) is 24.5. The third-order valence-electron chi connectivity index (χ3n) is 3.06. The zero-order valence-electron chi connectivity index (χ0n) is 10.3. The molecule has 2 aromatic carbocycles. The Kier molecular flexibility index (Phi) is 3.87. The summed E-state index contributed by atoms with van der Waals surface area (Å²) >= 11 is 0. The monoisotopic (exact) mass is 261 g/mol. The van der Waals surface area contributed by atoms with E-state index < -0.39 is 0 Å². The molecule has 0 aliphatic heterocycles. The summed E-state index contributed by atoms with van der Waals surface area (Å²) in [5.41, 5.74) is 3.03. The number of anilines is 1. The summed E-state index contributed by atoms with van der Waals surface area (Å²) in [6.45, 7) is 0. The van der Waals surface area contributed by atoms with E-state index in [1.807, 2.05) is 0 Å². The van der Waals surface area contributed by atoms with E-state index in [4.69, 9.17) is 0 Å². The van der Waals surface area contributed by atoms with E-state index in [0.717, 1.165) is 0 Å². The minimum atomic E-state index is -0.292. The van der Waals surface area contributed by atoms with E-state index in [2.05, 4.69) is 0 Å². The van der Waals surface area contributed by atoms with Crippen molar-refractivity contribution in [2.45, 2.75) is 0 Å². The van der Waals surface area contributed by atoms with Crippen LogP contribution in [-0.2, 0) is 0 Å². The van der Waals surface area contributed by atoms with Crippen LogP contribution in [-0.4, -0.2) is 11.6 Å². The maximum absolute atomic E-state index is 12.3. The van der Waals surface area contributed by atoms with Crippen molar-refractivity contribution in [1.29, 1.82) is 0 Å². The Morgan fingerprint density at radius 2 is 1.37 bits per heavy atom. The molecule has 0 bridgehead atoms. The number of carbonyl (C=O) groups is 2. The molecule has 0 heterocycles. The first kappa shape index (κ1) is 14.0. The second-order valence-corrected chi connectivity index (χ2v) is 4.03. The Balaban J connectivity index is 0.00000133. The molecule has 1 N–H and O–H groups in total. The first-order valence-corrected chi connectivity index (χ1v) is 5.43. The van der Waals surface area contributed by atoms with Gasteiger partial charge in [0.15, 0.2) is 11.6 Å². The molecule has 1 aliphatic rings. The molecule has 5 heteroatoms. The van der Waals surface area contributed by atoms with Crippen molar-refractivity contribution in [2.24, 2.45) is 0 Å². The van der Waals surface area contributed by atoms with Gasteiger partial charge in [-0.2, -0.15) is 0 Å². The van der Waals surface area contributed by atoms with Gasteiger partial charge in [-0.3, -0.25) is 9.59 Å². The number of fused-ring (bicyclic) bond motifs is 2. The van der Waals surface area contributed by atoms with Crippen LogP contribution < -0.4 is 35.0 Å². The molecule has 0 spiro atoms. The molecular weight excluding hydrogens is 253 g/mol. The number of benzene rings is 2. The molecule has 4 nitrogen and oxygen atoms in total. The largest absolute Gasteiger partial charge is 1.00 e. The predicted octanol–water partition coefficient (Wildman–Crippen LogP) is -0.624. The van der Waals surface area contributed by atoms with Crippen LogP contribution >= 0.6 is 0 Å². The molecule has 0 saturated carbocycles. The number of ketones is 2. The normalized spacial score (nSPS) is 12.3. The minimum absolute atomic E-state index is 0. The van der Waals surface area contributed by atoms with Crippen LogP contribution in [0.15, 0.2) is 42.5 Å². The fourth-order valence-corrected chi connectivity index (χ4v) is 2.23. The summed E-state index contributed by atoms with van der Waals surface area (Å²) < 4.78 is 0.